The molecule has 2 fully saturated rings. The molecule has 2 rings (SSSR count). The van der Waals surface area contributed by atoms with Gasteiger partial charge in [-0.2, -0.15) is 8.42 Å². The first-order chi connectivity index (χ1) is 6.92. The van der Waals surface area contributed by atoms with Crippen LogP contribution >= 0.6 is 0 Å². The molecule has 2 aliphatic rings. The largest absolute Gasteiger partial charge is 0.286 e. The predicted molar refractivity (Wildman–Crippen MR) is 59.1 cm³/mol. The summed E-state index contributed by atoms with van der Waals surface area (Å²) in [5.41, 5.74) is 0. The van der Waals surface area contributed by atoms with Crippen molar-refractivity contribution in [2.45, 2.75) is 39.0 Å². The van der Waals surface area contributed by atoms with Crippen LogP contribution in [0.15, 0.2) is 0 Å². The molecule has 2 aliphatic carbocycles. The van der Waals surface area contributed by atoms with Gasteiger partial charge in [0.25, 0.3) is 10.1 Å². The molecule has 88 valence electrons. The van der Waals surface area contributed by atoms with E-state index in [0.29, 0.717) is 11.8 Å². The maximum absolute atomic E-state index is 10.8. The first-order valence-electron chi connectivity index (χ1n) is 5.87. The number of hydrogen-bond donors (Lipinski definition) is 1. The Balaban J connectivity index is 1.97. The molecule has 2 atom stereocenters. The van der Waals surface area contributed by atoms with Gasteiger partial charge < -0.3 is 0 Å². The lowest BCUT2D eigenvalue weighted by Gasteiger charge is -2.41. The molecule has 1 N–H and O–H groups in total. The van der Waals surface area contributed by atoms with Gasteiger partial charge in [0.05, 0.1) is 5.75 Å². The average molecular weight is 232 g/mol. The van der Waals surface area contributed by atoms with Crippen LogP contribution in [-0.2, 0) is 10.1 Å². The Morgan fingerprint density at radius 2 is 1.60 bits per heavy atom. The Labute approximate surface area is 92.0 Å². The van der Waals surface area contributed by atoms with Gasteiger partial charge >= 0.3 is 0 Å². The summed E-state index contributed by atoms with van der Waals surface area (Å²) >= 11 is 0. The third-order valence-electron chi connectivity index (χ3n) is 3.92. The number of rotatable bonds is 2. The zero-order valence-corrected chi connectivity index (χ0v) is 10.0. The van der Waals surface area contributed by atoms with E-state index in [2.05, 4.69) is 6.92 Å². The quantitative estimate of drug-likeness (QED) is 0.743. The Morgan fingerprint density at radius 3 is 2.07 bits per heavy atom. The van der Waals surface area contributed by atoms with E-state index in [1.165, 1.54) is 19.3 Å². The SMILES string of the molecule is CC1CC2CC(C1)CC(CS(=O)(=O)O)C2. The standard InChI is InChI=1S/C11H20O3S/c1-8-2-9-4-10(3-8)6-11(5-9)7-15(12,13)14/h8-11H,2-7H2,1H3,(H,12,13,14). The molecule has 2 unspecified atom stereocenters. The summed E-state index contributed by atoms with van der Waals surface area (Å²) in [5.74, 6) is 2.41. The second kappa shape index (κ2) is 4.06. The minimum absolute atomic E-state index is 0.0195. The van der Waals surface area contributed by atoms with Gasteiger partial charge in [0, 0.05) is 0 Å². The van der Waals surface area contributed by atoms with E-state index in [0.717, 1.165) is 18.8 Å². The van der Waals surface area contributed by atoms with E-state index in [1.807, 2.05) is 0 Å². The fourth-order valence-corrected chi connectivity index (χ4v) is 4.62. The molecule has 0 heterocycles. The lowest BCUT2D eigenvalue weighted by molar-refractivity contribution is 0.111. The van der Waals surface area contributed by atoms with Gasteiger partial charge in [-0.1, -0.05) is 6.92 Å². The molecule has 2 saturated carbocycles. The molecule has 3 nitrogen and oxygen atoms in total. The van der Waals surface area contributed by atoms with Crippen LogP contribution < -0.4 is 0 Å². The summed E-state index contributed by atoms with van der Waals surface area (Å²) in [6, 6.07) is 0. The average Bonchev–Trinajstić information content (AvgIpc) is 1.96. The van der Waals surface area contributed by atoms with Crippen molar-refractivity contribution in [3.63, 3.8) is 0 Å². The van der Waals surface area contributed by atoms with E-state index >= 15 is 0 Å². The van der Waals surface area contributed by atoms with E-state index in [1.54, 1.807) is 0 Å². The van der Waals surface area contributed by atoms with Gasteiger partial charge in [-0.15, -0.1) is 0 Å². The molecular formula is C11H20O3S. The lowest BCUT2D eigenvalue weighted by Crippen LogP contribution is -2.33. The van der Waals surface area contributed by atoms with Crippen LogP contribution in [0.1, 0.15) is 39.0 Å². The second-order valence-electron chi connectivity index (χ2n) is 5.63. The molecule has 0 aromatic heterocycles. The zero-order valence-electron chi connectivity index (χ0n) is 9.22. The molecule has 0 aliphatic heterocycles. The van der Waals surface area contributed by atoms with Gasteiger partial charge in [-0.25, -0.2) is 0 Å². The van der Waals surface area contributed by atoms with Gasteiger partial charge in [-0.3, -0.25) is 4.55 Å². The van der Waals surface area contributed by atoms with E-state index < -0.39 is 10.1 Å². The van der Waals surface area contributed by atoms with Crippen LogP contribution in [0.25, 0.3) is 0 Å². The van der Waals surface area contributed by atoms with Crippen LogP contribution in [0, 0.1) is 23.7 Å². The Morgan fingerprint density at radius 1 is 1.07 bits per heavy atom. The molecular weight excluding hydrogens is 212 g/mol. The first kappa shape index (κ1) is 11.4. The van der Waals surface area contributed by atoms with Crippen LogP contribution in [0.5, 0.6) is 0 Å². The summed E-state index contributed by atoms with van der Waals surface area (Å²) < 4.78 is 30.5. The fourth-order valence-electron chi connectivity index (χ4n) is 3.76. The van der Waals surface area contributed by atoms with Crippen LogP contribution in [0.2, 0.25) is 0 Å². The fraction of sp³-hybridized carbons (Fsp3) is 1.00. The van der Waals surface area contributed by atoms with E-state index in [9.17, 15) is 8.42 Å². The molecule has 0 aromatic rings. The van der Waals surface area contributed by atoms with Crippen molar-refractivity contribution in [2.24, 2.45) is 23.7 Å². The summed E-state index contributed by atoms with van der Waals surface area (Å²) in [4.78, 5) is 0. The maximum Gasteiger partial charge on any atom is 0.265 e. The Bertz CT molecular complexity index is 305. The molecule has 0 amide bonds. The molecule has 0 saturated heterocycles. The molecule has 15 heavy (non-hydrogen) atoms. The third-order valence-corrected chi connectivity index (χ3v) is 4.81. The van der Waals surface area contributed by atoms with Crippen molar-refractivity contribution in [3.8, 4) is 0 Å². The molecule has 0 spiro atoms. The monoisotopic (exact) mass is 232 g/mol. The summed E-state index contributed by atoms with van der Waals surface area (Å²) in [7, 11) is -3.77. The summed E-state index contributed by atoms with van der Waals surface area (Å²) in [5, 5.41) is 0. The van der Waals surface area contributed by atoms with Crippen LogP contribution in [-0.4, -0.2) is 18.7 Å². The van der Waals surface area contributed by atoms with Crippen molar-refractivity contribution in [3.05, 3.63) is 0 Å². The Hall–Kier alpha value is -0.0900. The highest BCUT2D eigenvalue weighted by atomic mass is 32.2. The summed E-state index contributed by atoms with van der Waals surface area (Å²) in [6.45, 7) is 2.29. The number of hydrogen-bond acceptors (Lipinski definition) is 2. The van der Waals surface area contributed by atoms with E-state index in [4.69, 9.17) is 4.55 Å². The summed E-state index contributed by atoms with van der Waals surface area (Å²) in [6.07, 6.45) is 5.78. The van der Waals surface area contributed by atoms with Gasteiger partial charge in [0.2, 0.25) is 0 Å². The Kier molecular flexibility index (Phi) is 3.08. The van der Waals surface area contributed by atoms with Crippen molar-refractivity contribution < 1.29 is 13.0 Å². The minimum Gasteiger partial charge on any atom is -0.286 e. The third kappa shape index (κ3) is 3.18. The van der Waals surface area contributed by atoms with Crippen molar-refractivity contribution in [1.82, 2.24) is 0 Å². The molecule has 0 aromatic carbocycles. The predicted octanol–water partition coefficient (Wildman–Crippen LogP) is 2.34. The smallest absolute Gasteiger partial charge is 0.265 e. The highest BCUT2D eigenvalue weighted by molar-refractivity contribution is 7.85. The van der Waals surface area contributed by atoms with Gasteiger partial charge in [0.1, 0.15) is 0 Å². The molecule has 2 bridgehead atoms. The lowest BCUT2D eigenvalue weighted by atomic mass is 9.65. The van der Waals surface area contributed by atoms with Gasteiger partial charge in [-0.05, 0) is 55.8 Å². The van der Waals surface area contributed by atoms with Crippen molar-refractivity contribution in [2.75, 3.05) is 5.75 Å². The van der Waals surface area contributed by atoms with Crippen LogP contribution in [0.3, 0.4) is 0 Å². The normalized spacial score (nSPS) is 41.5. The first-order valence-corrected chi connectivity index (χ1v) is 7.48. The van der Waals surface area contributed by atoms with Gasteiger partial charge in [0.15, 0.2) is 0 Å². The zero-order chi connectivity index (χ0) is 11.1. The highest BCUT2D eigenvalue weighted by Crippen LogP contribution is 2.44. The molecule has 4 heteroatoms. The number of fused-ring (bicyclic) bond motifs is 2. The minimum atomic E-state index is -3.77. The van der Waals surface area contributed by atoms with Crippen molar-refractivity contribution >= 4 is 10.1 Å². The van der Waals surface area contributed by atoms with E-state index in [-0.39, 0.29) is 11.7 Å². The van der Waals surface area contributed by atoms with Crippen molar-refractivity contribution in [1.29, 1.82) is 0 Å². The highest BCUT2D eigenvalue weighted by Gasteiger charge is 2.35. The maximum atomic E-state index is 10.8. The van der Waals surface area contributed by atoms with Crippen LogP contribution in [0.4, 0.5) is 0 Å². The second-order valence-corrected chi connectivity index (χ2v) is 7.13. The molecule has 0 radical (unpaired) electrons. The topological polar surface area (TPSA) is 54.4 Å².